The molecule has 0 aromatic heterocycles. The Labute approximate surface area is 139 Å². The largest absolute Gasteiger partial charge is 0.326 e. The summed E-state index contributed by atoms with van der Waals surface area (Å²) in [4.78, 5) is 2.24. The van der Waals surface area contributed by atoms with Crippen LogP contribution in [0.3, 0.4) is 0 Å². The van der Waals surface area contributed by atoms with Crippen LogP contribution in [0.5, 0.6) is 0 Å². The summed E-state index contributed by atoms with van der Waals surface area (Å²) in [6, 6.07) is 29.0. The Morgan fingerprint density at radius 2 is 1.09 bits per heavy atom. The third-order valence-electron chi connectivity index (χ3n) is 3.48. The zero-order valence-electron chi connectivity index (χ0n) is 13.8. The molecule has 3 aromatic rings. The first-order valence-corrected chi connectivity index (χ1v) is 8.08. The highest BCUT2D eigenvalue weighted by Crippen LogP contribution is 2.35. The molecule has 0 bridgehead atoms. The van der Waals surface area contributed by atoms with Crippen molar-refractivity contribution >= 4 is 17.1 Å². The molecule has 2 heteroatoms. The molecule has 0 fully saturated rings. The lowest BCUT2D eigenvalue weighted by Gasteiger charge is -2.27. The summed E-state index contributed by atoms with van der Waals surface area (Å²) in [5, 5.41) is 0. The lowest BCUT2D eigenvalue weighted by Crippen LogP contribution is -2.13. The number of hydrogen-bond acceptors (Lipinski definition) is 2. The molecule has 0 aliphatic heterocycles. The van der Waals surface area contributed by atoms with Crippen LogP contribution in [0.1, 0.15) is 19.4 Å². The third-order valence-corrected chi connectivity index (χ3v) is 3.48. The molecule has 2 N–H and O–H groups in total. The molecule has 0 atom stereocenters. The fourth-order valence-corrected chi connectivity index (χ4v) is 2.48. The van der Waals surface area contributed by atoms with Crippen molar-refractivity contribution in [2.75, 3.05) is 4.90 Å². The zero-order valence-corrected chi connectivity index (χ0v) is 13.8. The zero-order chi connectivity index (χ0) is 16.5. The van der Waals surface area contributed by atoms with Gasteiger partial charge in [-0.15, -0.1) is 0 Å². The molecule has 118 valence electrons. The van der Waals surface area contributed by atoms with Gasteiger partial charge in [-0.3, -0.25) is 0 Å². The lowest BCUT2D eigenvalue weighted by atomic mass is 10.1. The molecular formula is C21H24N2. The summed E-state index contributed by atoms with van der Waals surface area (Å²) in [6.07, 6.45) is 0. The van der Waals surface area contributed by atoms with E-state index in [1.54, 1.807) is 0 Å². The smallest absolute Gasteiger partial charge is 0.0506 e. The molecule has 2 nitrogen and oxygen atoms in total. The van der Waals surface area contributed by atoms with Gasteiger partial charge < -0.3 is 10.6 Å². The van der Waals surface area contributed by atoms with Crippen LogP contribution in [0.2, 0.25) is 0 Å². The first-order chi connectivity index (χ1) is 11.4. The van der Waals surface area contributed by atoms with Gasteiger partial charge in [-0.2, -0.15) is 0 Å². The van der Waals surface area contributed by atoms with Gasteiger partial charge in [0.2, 0.25) is 0 Å². The van der Waals surface area contributed by atoms with E-state index < -0.39 is 0 Å². The second-order valence-corrected chi connectivity index (χ2v) is 4.84. The van der Waals surface area contributed by atoms with Crippen molar-refractivity contribution in [2.45, 2.75) is 20.4 Å². The fraction of sp³-hybridized carbons (Fsp3) is 0.143. The first-order valence-electron chi connectivity index (χ1n) is 8.08. The summed E-state index contributed by atoms with van der Waals surface area (Å²) in [6.45, 7) is 4.52. The molecule has 0 saturated carbocycles. The third kappa shape index (κ3) is 3.99. The number of rotatable bonds is 4. The van der Waals surface area contributed by atoms with Gasteiger partial charge in [-0.05, 0) is 35.9 Å². The molecule has 0 aliphatic carbocycles. The Balaban J connectivity index is 0.000000924. The van der Waals surface area contributed by atoms with E-state index in [0.29, 0.717) is 6.54 Å². The monoisotopic (exact) mass is 304 g/mol. The summed E-state index contributed by atoms with van der Waals surface area (Å²) < 4.78 is 0. The number of hydrogen-bond donors (Lipinski definition) is 1. The maximum absolute atomic E-state index is 5.92. The van der Waals surface area contributed by atoms with E-state index in [2.05, 4.69) is 65.6 Å². The van der Waals surface area contributed by atoms with Gasteiger partial charge in [0, 0.05) is 17.9 Å². The Kier molecular flexibility index (Phi) is 6.40. The summed E-state index contributed by atoms with van der Waals surface area (Å²) in [7, 11) is 0. The van der Waals surface area contributed by atoms with Crippen LogP contribution < -0.4 is 10.6 Å². The van der Waals surface area contributed by atoms with Crippen LogP contribution in [0.25, 0.3) is 0 Å². The Bertz CT molecular complexity index is 654. The Hall–Kier alpha value is -2.58. The van der Waals surface area contributed by atoms with Crippen molar-refractivity contribution in [1.29, 1.82) is 0 Å². The summed E-state index contributed by atoms with van der Waals surface area (Å²) in [5.41, 5.74) is 10.4. The lowest BCUT2D eigenvalue weighted by molar-refractivity contribution is 1.06. The van der Waals surface area contributed by atoms with Crippen molar-refractivity contribution in [3.8, 4) is 0 Å². The van der Waals surface area contributed by atoms with Gasteiger partial charge in [0.25, 0.3) is 0 Å². The predicted molar refractivity (Wildman–Crippen MR) is 100 cm³/mol. The van der Waals surface area contributed by atoms with Crippen molar-refractivity contribution in [3.63, 3.8) is 0 Å². The highest BCUT2D eigenvalue weighted by Gasteiger charge is 2.14. The molecule has 3 aromatic carbocycles. The average Bonchev–Trinajstić information content (AvgIpc) is 2.66. The maximum Gasteiger partial charge on any atom is 0.0506 e. The van der Waals surface area contributed by atoms with Gasteiger partial charge >= 0.3 is 0 Å². The van der Waals surface area contributed by atoms with Crippen molar-refractivity contribution in [2.24, 2.45) is 5.73 Å². The van der Waals surface area contributed by atoms with Crippen LogP contribution in [0, 0.1) is 0 Å². The molecule has 3 rings (SSSR count). The molecule has 0 aliphatic rings. The molecular weight excluding hydrogens is 280 g/mol. The average molecular weight is 304 g/mol. The van der Waals surface area contributed by atoms with Crippen LogP contribution >= 0.6 is 0 Å². The molecule has 23 heavy (non-hydrogen) atoms. The van der Waals surface area contributed by atoms with Gasteiger partial charge in [0.05, 0.1) is 5.69 Å². The fourth-order valence-electron chi connectivity index (χ4n) is 2.48. The molecule has 0 saturated heterocycles. The van der Waals surface area contributed by atoms with Gasteiger partial charge in [-0.1, -0.05) is 68.4 Å². The topological polar surface area (TPSA) is 29.3 Å². The maximum atomic E-state index is 5.92. The number of nitrogens with two attached hydrogens (primary N) is 1. The minimum absolute atomic E-state index is 0.520. The highest BCUT2D eigenvalue weighted by atomic mass is 15.1. The van der Waals surface area contributed by atoms with Crippen molar-refractivity contribution < 1.29 is 0 Å². The summed E-state index contributed by atoms with van der Waals surface area (Å²) in [5.74, 6) is 0. The van der Waals surface area contributed by atoms with Gasteiger partial charge in [0.1, 0.15) is 0 Å². The molecule has 0 radical (unpaired) electrons. The van der Waals surface area contributed by atoms with Crippen LogP contribution in [-0.4, -0.2) is 0 Å². The number of para-hydroxylation sites is 3. The molecule has 0 spiro atoms. The van der Waals surface area contributed by atoms with E-state index in [0.717, 1.165) is 22.6 Å². The second kappa shape index (κ2) is 8.76. The van der Waals surface area contributed by atoms with E-state index in [9.17, 15) is 0 Å². The van der Waals surface area contributed by atoms with E-state index in [1.807, 2.05) is 38.1 Å². The minimum atomic E-state index is 0.520. The molecule has 0 heterocycles. The Morgan fingerprint density at radius 3 is 1.57 bits per heavy atom. The van der Waals surface area contributed by atoms with E-state index in [-0.39, 0.29) is 0 Å². The number of benzene rings is 3. The predicted octanol–water partition coefficient (Wildman–Crippen LogP) is 5.64. The quantitative estimate of drug-likeness (QED) is 0.675. The van der Waals surface area contributed by atoms with Gasteiger partial charge in [-0.25, -0.2) is 0 Å². The van der Waals surface area contributed by atoms with Crippen molar-refractivity contribution in [3.05, 3.63) is 90.5 Å². The second-order valence-electron chi connectivity index (χ2n) is 4.84. The molecule has 0 unspecified atom stereocenters. The van der Waals surface area contributed by atoms with E-state index in [4.69, 9.17) is 5.73 Å². The van der Waals surface area contributed by atoms with E-state index >= 15 is 0 Å². The van der Waals surface area contributed by atoms with Crippen LogP contribution in [0.4, 0.5) is 17.1 Å². The van der Waals surface area contributed by atoms with Crippen LogP contribution in [0.15, 0.2) is 84.9 Å². The minimum Gasteiger partial charge on any atom is -0.326 e. The SMILES string of the molecule is CC.NCc1ccccc1N(c1ccccc1)c1ccccc1. The van der Waals surface area contributed by atoms with E-state index in [1.165, 1.54) is 0 Å². The highest BCUT2D eigenvalue weighted by molar-refractivity contribution is 5.78. The standard InChI is InChI=1S/C19H18N2.C2H6/c20-15-16-9-7-8-14-19(16)21(17-10-3-1-4-11-17)18-12-5-2-6-13-18;1-2/h1-14H,15,20H2;1-2H3. The van der Waals surface area contributed by atoms with Crippen molar-refractivity contribution in [1.82, 2.24) is 0 Å². The first kappa shape index (κ1) is 16.8. The number of nitrogens with zero attached hydrogens (tertiary/aromatic N) is 1. The normalized spacial score (nSPS) is 9.70. The Morgan fingerprint density at radius 1 is 0.652 bits per heavy atom. The molecule has 0 amide bonds. The summed E-state index contributed by atoms with van der Waals surface area (Å²) >= 11 is 0. The van der Waals surface area contributed by atoms with Crippen LogP contribution in [-0.2, 0) is 6.54 Å². The van der Waals surface area contributed by atoms with Gasteiger partial charge in [0.15, 0.2) is 0 Å². The number of anilines is 3.